The molecule has 0 radical (unpaired) electrons. The Hall–Kier alpha value is -2.88. The number of fused-ring (bicyclic) bond motifs is 3. The fraction of sp³-hybridized carbons (Fsp3) is 0.136. The molecule has 4 aromatic rings. The molecule has 0 saturated carbocycles. The number of alkyl halides is 3. The Morgan fingerprint density at radius 2 is 1.58 bits per heavy atom. The van der Waals surface area contributed by atoms with Gasteiger partial charge in [0.2, 0.25) is 5.52 Å². The second-order valence-electron chi connectivity index (χ2n) is 6.60. The molecule has 4 rings (SSSR count). The number of rotatable bonds is 1. The molecule has 0 spiro atoms. The lowest BCUT2D eigenvalue weighted by molar-refractivity contribution is -0.643. The zero-order chi connectivity index (χ0) is 18.5. The lowest BCUT2D eigenvalue weighted by Gasteiger charge is -2.11. The third-order valence-electron chi connectivity index (χ3n) is 4.76. The standard InChI is InChI=1S/C22H17F3N/c1-14-10-17(15-7-5-8-18(11-15)22(23,24)25)12-20-19-9-4-3-6-16(19)13-26(2)21(14)20/h3-13H,1-2H3/q+1. The van der Waals surface area contributed by atoms with Gasteiger partial charge in [-0.05, 0) is 48.4 Å². The maximum absolute atomic E-state index is 13.1. The van der Waals surface area contributed by atoms with Gasteiger partial charge >= 0.3 is 6.18 Å². The monoisotopic (exact) mass is 352 g/mol. The molecule has 1 aromatic heterocycles. The van der Waals surface area contributed by atoms with Gasteiger partial charge in [0.25, 0.3) is 0 Å². The summed E-state index contributed by atoms with van der Waals surface area (Å²) in [4.78, 5) is 0. The summed E-state index contributed by atoms with van der Waals surface area (Å²) >= 11 is 0. The molecule has 0 N–H and O–H groups in total. The van der Waals surface area contributed by atoms with Crippen molar-refractivity contribution in [2.24, 2.45) is 7.05 Å². The average Bonchev–Trinajstić information content (AvgIpc) is 2.60. The number of hydrogen-bond acceptors (Lipinski definition) is 0. The van der Waals surface area contributed by atoms with Crippen LogP contribution in [0.1, 0.15) is 11.1 Å². The van der Waals surface area contributed by atoms with E-state index in [1.165, 1.54) is 12.1 Å². The van der Waals surface area contributed by atoms with E-state index in [1.807, 2.05) is 50.4 Å². The first-order valence-corrected chi connectivity index (χ1v) is 8.34. The van der Waals surface area contributed by atoms with Gasteiger partial charge in [0.15, 0.2) is 6.20 Å². The number of pyridine rings is 1. The van der Waals surface area contributed by atoms with Crippen molar-refractivity contribution >= 4 is 21.7 Å². The summed E-state index contributed by atoms with van der Waals surface area (Å²) in [6.07, 6.45) is -2.27. The van der Waals surface area contributed by atoms with Crippen molar-refractivity contribution < 1.29 is 17.7 Å². The van der Waals surface area contributed by atoms with Gasteiger partial charge in [-0.1, -0.05) is 30.3 Å². The van der Waals surface area contributed by atoms with Gasteiger partial charge in [-0.3, -0.25) is 0 Å². The second-order valence-corrected chi connectivity index (χ2v) is 6.60. The summed E-state index contributed by atoms with van der Waals surface area (Å²) in [5.41, 5.74) is 2.84. The number of hydrogen-bond donors (Lipinski definition) is 0. The molecule has 0 bridgehead atoms. The Kier molecular flexibility index (Phi) is 3.72. The third-order valence-corrected chi connectivity index (χ3v) is 4.76. The summed E-state index contributed by atoms with van der Waals surface area (Å²) in [5, 5.41) is 3.23. The van der Waals surface area contributed by atoms with E-state index in [0.29, 0.717) is 5.56 Å². The minimum absolute atomic E-state index is 0.570. The summed E-state index contributed by atoms with van der Waals surface area (Å²) < 4.78 is 41.3. The molecule has 0 unspecified atom stereocenters. The van der Waals surface area contributed by atoms with Crippen LogP contribution in [-0.4, -0.2) is 0 Å². The molecule has 4 heteroatoms. The van der Waals surface area contributed by atoms with Crippen LogP contribution in [0.3, 0.4) is 0 Å². The summed E-state index contributed by atoms with van der Waals surface area (Å²) in [6.45, 7) is 1.99. The smallest absolute Gasteiger partial charge is 0.200 e. The highest BCUT2D eigenvalue weighted by molar-refractivity contribution is 6.06. The first-order valence-electron chi connectivity index (χ1n) is 8.34. The topological polar surface area (TPSA) is 3.88 Å². The Balaban J connectivity index is 2.02. The predicted octanol–water partition coefficient (Wildman–Crippen LogP) is 5.81. The van der Waals surface area contributed by atoms with Crippen molar-refractivity contribution in [1.29, 1.82) is 0 Å². The largest absolute Gasteiger partial charge is 0.416 e. The zero-order valence-electron chi connectivity index (χ0n) is 14.4. The zero-order valence-corrected chi connectivity index (χ0v) is 14.4. The van der Waals surface area contributed by atoms with Crippen LogP contribution in [0.2, 0.25) is 0 Å². The molecule has 130 valence electrons. The van der Waals surface area contributed by atoms with Crippen molar-refractivity contribution in [2.75, 3.05) is 0 Å². The summed E-state index contributed by atoms with van der Waals surface area (Å²) in [7, 11) is 1.99. The van der Waals surface area contributed by atoms with Crippen LogP contribution in [0, 0.1) is 6.92 Å². The molecule has 0 amide bonds. The highest BCUT2D eigenvalue weighted by atomic mass is 19.4. The van der Waals surface area contributed by atoms with Crippen molar-refractivity contribution in [2.45, 2.75) is 13.1 Å². The fourth-order valence-corrected chi connectivity index (χ4v) is 3.62. The fourth-order valence-electron chi connectivity index (χ4n) is 3.62. The SMILES string of the molecule is Cc1cc(-c2cccc(C(F)(F)F)c2)cc2c3ccccc3c[n+](C)c12. The maximum Gasteiger partial charge on any atom is 0.416 e. The van der Waals surface area contributed by atoms with E-state index in [4.69, 9.17) is 0 Å². The lowest BCUT2D eigenvalue weighted by atomic mass is 9.96. The van der Waals surface area contributed by atoms with E-state index in [1.54, 1.807) is 6.07 Å². The first kappa shape index (κ1) is 16.6. The van der Waals surface area contributed by atoms with Crippen LogP contribution in [0.4, 0.5) is 13.2 Å². The molecule has 0 saturated heterocycles. The van der Waals surface area contributed by atoms with E-state index < -0.39 is 11.7 Å². The molecule has 3 aromatic carbocycles. The van der Waals surface area contributed by atoms with Crippen LogP contribution in [0.25, 0.3) is 32.8 Å². The van der Waals surface area contributed by atoms with Crippen LogP contribution >= 0.6 is 0 Å². The van der Waals surface area contributed by atoms with E-state index in [9.17, 15) is 13.2 Å². The minimum Gasteiger partial charge on any atom is -0.200 e. The highest BCUT2D eigenvalue weighted by Crippen LogP contribution is 2.34. The number of aromatic nitrogens is 1. The van der Waals surface area contributed by atoms with Gasteiger partial charge in [-0.25, -0.2) is 4.57 Å². The molecule has 1 heterocycles. The molecular weight excluding hydrogens is 335 g/mol. The quantitative estimate of drug-likeness (QED) is 0.301. The molecule has 1 nitrogen and oxygen atoms in total. The molecule has 0 aliphatic carbocycles. The average molecular weight is 352 g/mol. The Bertz CT molecular complexity index is 1140. The van der Waals surface area contributed by atoms with Crippen molar-refractivity contribution in [3.63, 3.8) is 0 Å². The van der Waals surface area contributed by atoms with E-state index in [-0.39, 0.29) is 0 Å². The van der Waals surface area contributed by atoms with Crippen LogP contribution in [-0.2, 0) is 13.2 Å². The molecule has 26 heavy (non-hydrogen) atoms. The van der Waals surface area contributed by atoms with Gasteiger partial charge in [0.05, 0.1) is 10.9 Å². The summed E-state index contributed by atoms with van der Waals surface area (Å²) in [5.74, 6) is 0. The predicted molar refractivity (Wildman–Crippen MR) is 97.8 cm³/mol. The van der Waals surface area contributed by atoms with Gasteiger partial charge in [0.1, 0.15) is 7.05 Å². The van der Waals surface area contributed by atoms with E-state index in [2.05, 4.69) is 10.8 Å². The van der Waals surface area contributed by atoms with Gasteiger partial charge in [-0.2, -0.15) is 13.2 Å². The number of nitrogens with zero attached hydrogens (tertiary/aromatic N) is 1. The molecule has 0 fully saturated rings. The van der Waals surface area contributed by atoms with Crippen molar-refractivity contribution in [3.05, 3.63) is 78.0 Å². The van der Waals surface area contributed by atoms with Gasteiger partial charge in [0, 0.05) is 16.3 Å². The normalized spacial score (nSPS) is 12.0. The maximum atomic E-state index is 13.1. The Labute approximate surface area is 149 Å². The van der Waals surface area contributed by atoms with Gasteiger partial charge in [-0.15, -0.1) is 0 Å². The second kappa shape index (κ2) is 5.84. The molecule has 0 aliphatic rings. The molecular formula is C22H17F3N+. The first-order chi connectivity index (χ1) is 12.3. The number of halogens is 3. The van der Waals surface area contributed by atoms with Crippen molar-refractivity contribution in [1.82, 2.24) is 0 Å². The molecule has 0 atom stereocenters. The Morgan fingerprint density at radius 3 is 2.35 bits per heavy atom. The molecule has 0 aliphatic heterocycles. The highest BCUT2D eigenvalue weighted by Gasteiger charge is 2.30. The third kappa shape index (κ3) is 2.71. The summed E-state index contributed by atoms with van der Waals surface area (Å²) in [6, 6.07) is 17.5. The Morgan fingerprint density at radius 1 is 0.808 bits per heavy atom. The van der Waals surface area contributed by atoms with Crippen LogP contribution in [0.15, 0.2) is 66.9 Å². The van der Waals surface area contributed by atoms with Crippen LogP contribution < -0.4 is 4.57 Å². The van der Waals surface area contributed by atoms with Crippen LogP contribution in [0.5, 0.6) is 0 Å². The lowest BCUT2D eigenvalue weighted by Crippen LogP contribution is -2.29. The minimum atomic E-state index is -4.35. The van der Waals surface area contributed by atoms with E-state index in [0.717, 1.165) is 38.9 Å². The van der Waals surface area contributed by atoms with Gasteiger partial charge < -0.3 is 0 Å². The number of benzene rings is 3. The van der Waals surface area contributed by atoms with E-state index >= 15 is 0 Å². The number of aryl methyl sites for hydroxylation is 2. The van der Waals surface area contributed by atoms with Crippen molar-refractivity contribution in [3.8, 4) is 11.1 Å².